The van der Waals surface area contributed by atoms with E-state index in [-0.39, 0.29) is 10.7 Å². The van der Waals surface area contributed by atoms with Gasteiger partial charge in [-0.3, -0.25) is 0 Å². The molecule has 0 radical (unpaired) electrons. The van der Waals surface area contributed by atoms with Gasteiger partial charge in [0.1, 0.15) is 0 Å². The maximum atomic E-state index is 5.34. The fourth-order valence-electron chi connectivity index (χ4n) is 2.31. The van der Waals surface area contributed by atoms with Crippen LogP contribution in [0.3, 0.4) is 0 Å². The molecule has 0 amide bonds. The van der Waals surface area contributed by atoms with Gasteiger partial charge in [-0.15, -0.1) is 0 Å². The summed E-state index contributed by atoms with van der Waals surface area (Å²) in [7, 11) is 0. The Morgan fingerprint density at radius 1 is 0.905 bits per heavy atom. The molecule has 0 spiro atoms. The van der Waals surface area contributed by atoms with Gasteiger partial charge in [-0.05, 0) is 18.1 Å². The van der Waals surface area contributed by atoms with E-state index in [1.165, 1.54) is 0 Å². The second-order valence-corrected chi connectivity index (χ2v) is 6.23. The summed E-state index contributed by atoms with van der Waals surface area (Å²) in [5.41, 5.74) is 2.30. The Morgan fingerprint density at radius 2 is 1.43 bits per heavy atom. The van der Waals surface area contributed by atoms with Crippen molar-refractivity contribution in [2.45, 2.75) is 17.7 Å². The highest BCUT2D eigenvalue weighted by atomic mass is 79.9. The van der Waals surface area contributed by atoms with Crippen LogP contribution in [0.25, 0.3) is 0 Å². The minimum Gasteiger partial charge on any atom is -0.338 e. The van der Waals surface area contributed by atoms with Crippen molar-refractivity contribution >= 4 is 15.9 Å². The van der Waals surface area contributed by atoms with E-state index in [0.717, 1.165) is 11.1 Å². The molecule has 106 valence electrons. The molecule has 0 aliphatic heterocycles. The molecule has 0 fully saturated rings. The van der Waals surface area contributed by atoms with Gasteiger partial charge in [-0.1, -0.05) is 81.8 Å². The van der Waals surface area contributed by atoms with Gasteiger partial charge < -0.3 is 4.52 Å². The van der Waals surface area contributed by atoms with Gasteiger partial charge in [0, 0.05) is 0 Å². The van der Waals surface area contributed by atoms with Gasteiger partial charge in [0.15, 0.2) is 5.82 Å². The number of aromatic nitrogens is 2. The average molecular weight is 343 g/mol. The third-order valence-corrected chi connectivity index (χ3v) is 3.71. The number of hydrogen-bond acceptors (Lipinski definition) is 3. The van der Waals surface area contributed by atoms with Gasteiger partial charge in [-0.2, -0.15) is 4.98 Å². The highest BCUT2D eigenvalue weighted by Crippen LogP contribution is 2.31. The van der Waals surface area contributed by atoms with Crippen LogP contribution in [0, 0.1) is 0 Å². The van der Waals surface area contributed by atoms with E-state index < -0.39 is 0 Å². The van der Waals surface area contributed by atoms with E-state index in [0.29, 0.717) is 11.7 Å². The quantitative estimate of drug-likeness (QED) is 0.644. The van der Waals surface area contributed by atoms with Crippen LogP contribution in [-0.4, -0.2) is 10.1 Å². The predicted octanol–water partition coefficient (Wildman–Crippen LogP) is 4.71. The van der Waals surface area contributed by atoms with E-state index in [4.69, 9.17) is 4.52 Å². The van der Waals surface area contributed by atoms with Crippen molar-refractivity contribution in [3.63, 3.8) is 0 Å². The maximum absolute atomic E-state index is 5.34. The molecule has 1 heterocycles. The van der Waals surface area contributed by atoms with Gasteiger partial charge in [0.25, 0.3) is 0 Å². The molecule has 0 saturated carbocycles. The van der Waals surface area contributed by atoms with Crippen LogP contribution in [0.4, 0.5) is 0 Å². The molecule has 0 aliphatic rings. The van der Waals surface area contributed by atoms with Crippen LogP contribution in [0.2, 0.25) is 0 Å². The van der Waals surface area contributed by atoms with E-state index >= 15 is 0 Å². The van der Waals surface area contributed by atoms with Crippen LogP contribution in [-0.2, 0) is 0 Å². The standard InChI is InChI=1S/C17H15BrN2O/c1-12(18)17-19-16(20-21-17)15(13-8-4-2-5-9-13)14-10-6-3-7-11-14/h2-12,15H,1H3. The van der Waals surface area contributed by atoms with E-state index in [1.807, 2.05) is 43.3 Å². The Bertz CT molecular complexity index is 656. The van der Waals surface area contributed by atoms with Crippen molar-refractivity contribution in [1.29, 1.82) is 0 Å². The zero-order valence-corrected chi connectivity index (χ0v) is 13.2. The summed E-state index contributed by atoms with van der Waals surface area (Å²) in [5.74, 6) is 1.27. The topological polar surface area (TPSA) is 38.9 Å². The predicted molar refractivity (Wildman–Crippen MR) is 85.5 cm³/mol. The number of halogens is 1. The summed E-state index contributed by atoms with van der Waals surface area (Å²) in [6, 6.07) is 20.5. The summed E-state index contributed by atoms with van der Waals surface area (Å²) >= 11 is 3.46. The zero-order valence-electron chi connectivity index (χ0n) is 11.6. The first-order valence-corrected chi connectivity index (χ1v) is 7.74. The fourth-order valence-corrected chi connectivity index (χ4v) is 2.49. The third kappa shape index (κ3) is 3.05. The monoisotopic (exact) mass is 342 g/mol. The van der Waals surface area contributed by atoms with Gasteiger partial charge in [-0.25, -0.2) is 0 Å². The second kappa shape index (κ2) is 6.22. The van der Waals surface area contributed by atoms with Crippen molar-refractivity contribution < 1.29 is 4.52 Å². The molecule has 4 heteroatoms. The first-order valence-electron chi connectivity index (χ1n) is 6.83. The van der Waals surface area contributed by atoms with Crippen molar-refractivity contribution in [2.24, 2.45) is 0 Å². The van der Waals surface area contributed by atoms with Crippen LogP contribution in [0.5, 0.6) is 0 Å². The summed E-state index contributed by atoms with van der Waals surface area (Å²) < 4.78 is 5.34. The first-order chi connectivity index (χ1) is 10.3. The molecule has 0 saturated heterocycles. The van der Waals surface area contributed by atoms with E-state index in [2.05, 4.69) is 50.3 Å². The molecule has 2 aromatic carbocycles. The molecule has 0 bridgehead atoms. The summed E-state index contributed by atoms with van der Waals surface area (Å²) in [5, 5.41) is 4.17. The normalized spacial score (nSPS) is 12.5. The summed E-state index contributed by atoms with van der Waals surface area (Å²) in [6.45, 7) is 1.97. The zero-order chi connectivity index (χ0) is 14.7. The van der Waals surface area contributed by atoms with Crippen molar-refractivity contribution in [3.8, 4) is 0 Å². The van der Waals surface area contributed by atoms with Gasteiger partial charge in [0.05, 0.1) is 10.7 Å². The van der Waals surface area contributed by atoms with Crippen molar-refractivity contribution in [1.82, 2.24) is 10.1 Å². The highest BCUT2D eigenvalue weighted by Gasteiger charge is 2.23. The number of alkyl halides is 1. The lowest BCUT2D eigenvalue weighted by atomic mass is 9.91. The SMILES string of the molecule is CC(Br)c1nc(C(c2ccccc2)c2ccccc2)no1. The number of benzene rings is 2. The Balaban J connectivity index is 2.08. The minimum atomic E-state index is -0.0175. The molecule has 0 N–H and O–H groups in total. The number of hydrogen-bond donors (Lipinski definition) is 0. The Morgan fingerprint density at radius 3 is 1.86 bits per heavy atom. The lowest BCUT2D eigenvalue weighted by Crippen LogP contribution is -2.05. The van der Waals surface area contributed by atoms with Gasteiger partial charge in [0.2, 0.25) is 5.89 Å². The molecular weight excluding hydrogens is 328 g/mol. The van der Waals surface area contributed by atoms with Gasteiger partial charge >= 0.3 is 0 Å². The molecule has 21 heavy (non-hydrogen) atoms. The molecule has 1 atom stereocenters. The molecular formula is C17H15BrN2O. The lowest BCUT2D eigenvalue weighted by molar-refractivity contribution is 0.375. The summed E-state index contributed by atoms with van der Waals surface area (Å²) in [6.07, 6.45) is 0. The lowest BCUT2D eigenvalue weighted by Gasteiger charge is -2.14. The third-order valence-electron chi connectivity index (χ3n) is 3.32. The second-order valence-electron chi connectivity index (χ2n) is 4.86. The molecule has 1 aromatic heterocycles. The van der Waals surface area contributed by atoms with E-state index in [9.17, 15) is 0 Å². The first kappa shape index (κ1) is 14.0. The fraction of sp³-hybridized carbons (Fsp3) is 0.176. The molecule has 3 nitrogen and oxygen atoms in total. The minimum absolute atomic E-state index is 0.0175. The van der Waals surface area contributed by atoms with Crippen LogP contribution < -0.4 is 0 Å². The Labute approximate surface area is 132 Å². The molecule has 3 aromatic rings. The van der Waals surface area contributed by atoms with Crippen molar-refractivity contribution in [3.05, 3.63) is 83.5 Å². The largest absolute Gasteiger partial charge is 0.338 e. The van der Waals surface area contributed by atoms with Crippen LogP contribution in [0.15, 0.2) is 65.2 Å². The van der Waals surface area contributed by atoms with Crippen molar-refractivity contribution in [2.75, 3.05) is 0 Å². The Kier molecular flexibility index (Phi) is 4.15. The Hall–Kier alpha value is -1.94. The smallest absolute Gasteiger partial charge is 0.240 e. The highest BCUT2D eigenvalue weighted by molar-refractivity contribution is 9.09. The van der Waals surface area contributed by atoms with Crippen LogP contribution in [0.1, 0.15) is 40.5 Å². The van der Waals surface area contributed by atoms with Crippen LogP contribution >= 0.6 is 15.9 Å². The maximum Gasteiger partial charge on any atom is 0.240 e. The number of nitrogens with zero attached hydrogens (tertiary/aromatic N) is 2. The summed E-state index contributed by atoms with van der Waals surface area (Å²) in [4.78, 5) is 4.59. The van der Waals surface area contributed by atoms with E-state index in [1.54, 1.807) is 0 Å². The number of rotatable bonds is 4. The molecule has 1 unspecified atom stereocenters. The molecule has 3 rings (SSSR count). The average Bonchev–Trinajstić information content (AvgIpc) is 3.00. The molecule has 0 aliphatic carbocycles.